The fourth-order valence-electron chi connectivity index (χ4n) is 2.32. The normalized spacial score (nSPS) is 10.6. The van der Waals surface area contributed by atoms with Crippen molar-refractivity contribution in [3.05, 3.63) is 36.4 Å². The Hall–Kier alpha value is -2.87. The SMILES string of the molecule is COc1cc(OC)cc(-n2c(S)nnc2-c2ccc(O)cc2O)c1. The number of benzene rings is 2. The highest BCUT2D eigenvalue weighted by atomic mass is 32.1. The van der Waals surface area contributed by atoms with Gasteiger partial charge in [0, 0.05) is 24.3 Å². The van der Waals surface area contributed by atoms with Crippen LogP contribution in [0.2, 0.25) is 0 Å². The van der Waals surface area contributed by atoms with Crippen LogP contribution in [-0.2, 0) is 0 Å². The van der Waals surface area contributed by atoms with Crippen molar-refractivity contribution in [2.24, 2.45) is 0 Å². The molecule has 2 N–H and O–H groups in total. The zero-order valence-electron chi connectivity index (χ0n) is 13.0. The summed E-state index contributed by atoms with van der Waals surface area (Å²) in [6.07, 6.45) is 0. The van der Waals surface area contributed by atoms with Gasteiger partial charge in [-0.2, -0.15) is 0 Å². The first-order valence-corrected chi connectivity index (χ1v) is 7.38. The van der Waals surface area contributed by atoms with Crippen molar-refractivity contribution in [1.29, 1.82) is 0 Å². The number of phenolic OH excluding ortho intramolecular Hbond substituents is 2. The van der Waals surface area contributed by atoms with Gasteiger partial charge in [-0.15, -0.1) is 22.8 Å². The molecule has 1 aromatic heterocycles. The number of ether oxygens (including phenoxy) is 2. The van der Waals surface area contributed by atoms with E-state index in [9.17, 15) is 10.2 Å². The lowest BCUT2D eigenvalue weighted by Gasteiger charge is -2.12. The Balaban J connectivity index is 2.21. The first kappa shape index (κ1) is 16.0. The molecule has 0 saturated heterocycles. The summed E-state index contributed by atoms with van der Waals surface area (Å²) >= 11 is 4.34. The molecule has 8 heteroatoms. The molecule has 0 spiro atoms. The lowest BCUT2D eigenvalue weighted by atomic mass is 10.1. The number of hydrogen-bond acceptors (Lipinski definition) is 7. The molecule has 0 amide bonds. The molecule has 0 radical (unpaired) electrons. The minimum atomic E-state index is -0.119. The van der Waals surface area contributed by atoms with Gasteiger partial charge in [0.05, 0.1) is 25.5 Å². The standard InChI is InChI=1S/C16H15N3O4S/c1-22-11-5-9(6-12(8-11)23-2)19-15(17-18-16(19)24)13-4-3-10(20)7-14(13)21/h3-8,20-21H,1-2H3,(H,18,24). The zero-order chi connectivity index (χ0) is 17.3. The number of aromatic hydroxyl groups is 2. The van der Waals surface area contributed by atoms with Gasteiger partial charge >= 0.3 is 0 Å². The van der Waals surface area contributed by atoms with Crippen LogP contribution < -0.4 is 9.47 Å². The number of methoxy groups -OCH3 is 2. The van der Waals surface area contributed by atoms with Crippen molar-refractivity contribution < 1.29 is 19.7 Å². The highest BCUT2D eigenvalue weighted by molar-refractivity contribution is 7.80. The molecule has 0 atom stereocenters. The summed E-state index contributed by atoms with van der Waals surface area (Å²) in [5.74, 6) is 1.38. The van der Waals surface area contributed by atoms with Gasteiger partial charge in [-0.25, -0.2) is 0 Å². The van der Waals surface area contributed by atoms with Gasteiger partial charge in [0.15, 0.2) is 11.0 Å². The highest BCUT2D eigenvalue weighted by Crippen LogP contribution is 2.35. The highest BCUT2D eigenvalue weighted by Gasteiger charge is 2.18. The number of thiol groups is 1. The lowest BCUT2D eigenvalue weighted by Crippen LogP contribution is -2.00. The smallest absolute Gasteiger partial charge is 0.193 e. The Labute approximate surface area is 143 Å². The molecular weight excluding hydrogens is 330 g/mol. The molecule has 0 aliphatic carbocycles. The van der Waals surface area contributed by atoms with Gasteiger partial charge in [0.25, 0.3) is 0 Å². The van der Waals surface area contributed by atoms with Crippen LogP contribution in [0.3, 0.4) is 0 Å². The second-order valence-electron chi connectivity index (χ2n) is 4.93. The second kappa shape index (κ2) is 6.32. The third kappa shape index (κ3) is 2.83. The van der Waals surface area contributed by atoms with Crippen molar-refractivity contribution in [2.45, 2.75) is 5.16 Å². The molecule has 0 bridgehead atoms. The Kier molecular flexibility index (Phi) is 4.22. The lowest BCUT2D eigenvalue weighted by molar-refractivity contribution is 0.394. The molecule has 0 aliphatic rings. The largest absolute Gasteiger partial charge is 0.508 e. The van der Waals surface area contributed by atoms with Crippen molar-refractivity contribution in [3.8, 4) is 40.1 Å². The Morgan fingerprint density at radius 2 is 1.62 bits per heavy atom. The third-order valence-electron chi connectivity index (χ3n) is 3.46. The molecule has 2 aromatic carbocycles. The maximum absolute atomic E-state index is 10.1. The van der Waals surface area contributed by atoms with Crippen LogP contribution in [0.1, 0.15) is 0 Å². The molecule has 0 aliphatic heterocycles. The monoisotopic (exact) mass is 345 g/mol. The van der Waals surface area contributed by atoms with E-state index in [-0.39, 0.29) is 11.5 Å². The number of aromatic nitrogens is 3. The molecule has 124 valence electrons. The first-order valence-electron chi connectivity index (χ1n) is 6.93. The van der Waals surface area contributed by atoms with Gasteiger partial charge in [0.2, 0.25) is 0 Å². The molecule has 1 heterocycles. The molecular formula is C16H15N3O4S. The van der Waals surface area contributed by atoms with Gasteiger partial charge in [0.1, 0.15) is 23.0 Å². The summed E-state index contributed by atoms with van der Waals surface area (Å²) < 4.78 is 12.2. The summed E-state index contributed by atoms with van der Waals surface area (Å²) in [4.78, 5) is 0. The number of hydrogen-bond donors (Lipinski definition) is 3. The predicted octanol–water partition coefficient (Wildman–Crippen LogP) is 2.65. The topological polar surface area (TPSA) is 89.6 Å². The van der Waals surface area contributed by atoms with Gasteiger partial charge < -0.3 is 19.7 Å². The Morgan fingerprint density at radius 1 is 0.958 bits per heavy atom. The summed E-state index contributed by atoms with van der Waals surface area (Å²) in [7, 11) is 3.11. The van der Waals surface area contributed by atoms with Gasteiger partial charge in [-0.1, -0.05) is 0 Å². The number of nitrogens with zero attached hydrogens (tertiary/aromatic N) is 3. The molecule has 3 rings (SSSR count). The quantitative estimate of drug-likeness (QED) is 0.630. The van der Waals surface area contributed by atoms with Crippen LogP contribution in [0, 0.1) is 0 Å². The molecule has 0 fully saturated rings. The van der Waals surface area contributed by atoms with E-state index in [1.807, 2.05) is 0 Å². The molecule has 3 aromatic rings. The van der Waals surface area contributed by atoms with Gasteiger partial charge in [-0.3, -0.25) is 4.57 Å². The minimum Gasteiger partial charge on any atom is -0.508 e. The summed E-state index contributed by atoms with van der Waals surface area (Å²) in [5.41, 5.74) is 1.06. The molecule has 0 saturated carbocycles. The van der Waals surface area contributed by atoms with E-state index in [4.69, 9.17) is 9.47 Å². The molecule has 24 heavy (non-hydrogen) atoms. The van der Waals surface area contributed by atoms with Gasteiger partial charge in [-0.05, 0) is 12.1 Å². The van der Waals surface area contributed by atoms with Crippen molar-refractivity contribution in [1.82, 2.24) is 14.8 Å². The zero-order valence-corrected chi connectivity index (χ0v) is 13.9. The third-order valence-corrected chi connectivity index (χ3v) is 3.75. The van der Waals surface area contributed by atoms with E-state index in [0.717, 1.165) is 0 Å². The number of phenols is 2. The maximum Gasteiger partial charge on any atom is 0.193 e. The minimum absolute atomic E-state index is 0.0449. The summed E-state index contributed by atoms with van der Waals surface area (Å²) in [5, 5.41) is 27.9. The average molecular weight is 345 g/mol. The Bertz CT molecular complexity index is 873. The van der Waals surface area contributed by atoms with E-state index in [0.29, 0.717) is 33.7 Å². The first-order chi connectivity index (χ1) is 11.5. The van der Waals surface area contributed by atoms with Crippen molar-refractivity contribution in [2.75, 3.05) is 14.2 Å². The van der Waals surface area contributed by atoms with E-state index in [1.54, 1.807) is 43.1 Å². The van der Waals surface area contributed by atoms with Crippen LogP contribution in [0.25, 0.3) is 17.1 Å². The van der Waals surface area contributed by atoms with Crippen LogP contribution in [0.5, 0.6) is 23.0 Å². The Morgan fingerprint density at radius 3 is 2.21 bits per heavy atom. The van der Waals surface area contributed by atoms with Crippen molar-refractivity contribution >= 4 is 12.6 Å². The van der Waals surface area contributed by atoms with Crippen LogP contribution >= 0.6 is 12.6 Å². The summed E-state index contributed by atoms with van der Waals surface area (Å²) in [6, 6.07) is 9.52. The van der Waals surface area contributed by atoms with E-state index >= 15 is 0 Å². The fraction of sp³-hybridized carbons (Fsp3) is 0.125. The van der Waals surface area contributed by atoms with Crippen molar-refractivity contribution in [3.63, 3.8) is 0 Å². The predicted molar refractivity (Wildman–Crippen MR) is 90.5 cm³/mol. The van der Waals surface area contributed by atoms with E-state index in [1.165, 1.54) is 12.1 Å². The van der Waals surface area contributed by atoms with Crippen LogP contribution in [0.15, 0.2) is 41.6 Å². The van der Waals surface area contributed by atoms with Crippen LogP contribution in [-0.4, -0.2) is 39.2 Å². The number of rotatable bonds is 4. The fourth-order valence-corrected chi connectivity index (χ4v) is 2.57. The van der Waals surface area contributed by atoms with E-state index in [2.05, 4.69) is 22.8 Å². The van der Waals surface area contributed by atoms with E-state index < -0.39 is 0 Å². The molecule has 7 nitrogen and oxygen atoms in total. The van der Waals surface area contributed by atoms with Crippen LogP contribution in [0.4, 0.5) is 0 Å². The summed E-state index contributed by atoms with van der Waals surface area (Å²) in [6.45, 7) is 0. The maximum atomic E-state index is 10.1. The molecule has 0 unspecified atom stereocenters. The average Bonchev–Trinajstić information content (AvgIpc) is 2.95. The second-order valence-corrected chi connectivity index (χ2v) is 5.33.